The molecule has 0 spiro atoms. The van der Waals surface area contributed by atoms with Gasteiger partial charge in [-0.2, -0.15) is 0 Å². The molecule has 1 aromatic heterocycles. The van der Waals surface area contributed by atoms with E-state index in [0.29, 0.717) is 38.2 Å². The first kappa shape index (κ1) is 20.3. The van der Waals surface area contributed by atoms with Crippen LogP contribution in [0.5, 0.6) is 0 Å². The fourth-order valence-electron chi connectivity index (χ4n) is 2.52. The fourth-order valence-corrected chi connectivity index (χ4v) is 2.90. The SMILES string of the molecule is CNC(=O)CCc1ccc(C2CN(C(=O)CNS(C)(=O)=O)CCO2)nc1. The molecule has 0 bridgehead atoms. The number of amides is 2. The maximum Gasteiger partial charge on any atom is 0.237 e. The third kappa shape index (κ3) is 6.36. The third-order valence-corrected chi connectivity index (χ3v) is 4.67. The van der Waals surface area contributed by atoms with Crippen LogP contribution in [0.15, 0.2) is 18.3 Å². The molecule has 1 atom stereocenters. The summed E-state index contributed by atoms with van der Waals surface area (Å²) in [6, 6.07) is 3.72. The monoisotopic (exact) mass is 384 g/mol. The lowest BCUT2D eigenvalue weighted by molar-refractivity contribution is -0.137. The van der Waals surface area contributed by atoms with Crippen LogP contribution in [-0.2, 0) is 30.8 Å². The number of nitrogens with one attached hydrogen (secondary N) is 2. The molecule has 10 heteroatoms. The number of ether oxygens (including phenoxy) is 1. The van der Waals surface area contributed by atoms with Crippen molar-refractivity contribution in [2.75, 3.05) is 39.5 Å². The highest BCUT2D eigenvalue weighted by molar-refractivity contribution is 7.88. The van der Waals surface area contributed by atoms with Crippen molar-refractivity contribution >= 4 is 21.8 Å². The average Bonchev–Trinajstić information content (AvgIpc) is 2.64. The van der Waals surface area contributed by atoms with Gasteiger partial charge in [-0.05, 0) is 18.1 Å². The largest absolute Gasteiger partial charge is 0.368 e. The second kappa shape index (κ2) is 9.06. The van der Waals surface area contributed by atoms with E-state index in [1.54, 1.807) is 18.1 Å². The minimum absolute atomic E-state index is 0.0263. The summed E-state index contributed by atoms with van der Waals surface area (Å²) in [6.45, 7) is 0.812. The predicted molar refractivity (Wildman–Crippen MR) is 94.7 cm³/mol. The number of aryl methyl sites for hydroxylation is 1. The zero-order valence-electron chi connectivity index (χ0n) is 14.9. The second-order valence-corrected chi connectivity index (χ2v) is 7.89. The normalized spacial score (nSPS) is 17.8. The van der Waals surface area contributed by atoms with Crippen LogP contribution in [0.3, 0.4) is 0 Å². The van der Waals surface area contributed by atoms with Crippen molar-refractivity contribution in [1.29, 1.82) is 0 Å². The fraction of sp³-hybridized carbons (Fsp3) is 0.562. The Morgan fingerprint density at radius 2 is 2.15 bits per heavy atom. The lowest BCUT2D eigenvalue weighted by Crippen LogP contribution is -2.46. The van der Waals surface area contributed by atoms with E-state index < -0.39 is 10.0 Å². The number of sulfonamides is 1. The molecule has 2 amide bonds. The van der Waals surface area contributed by atoms with E-state index in [9.17, 15) is 18.0 Å². The topological polar surface area (TPSA) is 118 Å². The van der Waals surface area contributed by atoms with Crippen LogP contribution in [-0.4, -0.2) is 69.7 Å². The molecule has 0 aromatic carbocycles. The highest BCUT2D eigenvalue weighted by Gasteiger charge is 2.26. The van der Waals surface area contributed by atoms with E-state index in [4.69, 9.17) is 4.74 Å². The van der Waals surface area contributed by atoms with Gasteiger partial charge in [0, 0.05) is 26.2 Å². The zero-order valence-corrected chi connectivity index (χ0v) is 15.7. The number of pyridine rings is 1. The van der Waals surface area contributed by atoms with Crippen molar-refractivity contribution in [3.05, 3.63) is 29.6 Å². The van der Waals surface area contributed by atoms with Crippen molar-refractivity contribution in [3.8, 4) is 0 Å². The van der Waals surface area contributed by atoms with E-state index in [1.807, 2.05) is 12.1 Å². The molecule has 0 saturated carbocycles. The highest BCUT2D eigenvalue weighted by Crippen LogP contribution is 2.21. The summed E-state index contributed by atoms with van der Waals surface area (Å²) < 4.78 is 30.1. The summed E-state index contributed by atoms with van der Waals surface area (Å²) in [5, 5.41) is 2.57. The number of rotatable bonds is 7. The Morgan fingerprint density at radius 3 is 2.77 bits per heavy atom. The standard InChI is InChI=1S/C16H24N4O5S/c1-17-15(21)6-4-12-3-5-13(18-9-12)14-11-20(7-8-25-14)16(22)10-19-26(2,23)24/h3,5,9,14,19H,4,6-8,10-11H2,1-2H3,(H,17,21). The van der Waals surface area contributed by atoms with E-state index in [0.717, 1.165) is 11.8 Å². The Hall–Kier alpha value is -2.04. The Bertz CT molecular complexity index is 736. The van der Waals surface area contributed by atoms with Gasteiger partial charge in [0.25, 0.3) is 0 Å². The van der Waals surface area contributed by atoms with Gasteiger partial charge in [-0.15, -0.1) is 0 Å². The van der Waals surface area contributed by atoms with Gasteiger partial charge < -0.3 is 15.0 Å². The van der Waals surface area contributed by atoms with E-state index >= 15 is 0 Å². The lowest BCUT2D eigenvalue weighted by Gasteiger charge is -2.32. The molecule has 26 heavy (non-hydrogen) atoms. The number of hydrogen-bond acceptors (Lipinski definition) is 6. The number of carbonyl (C=O) groups excluding carboxylic acids is 2. The number of nitrogens with zero attached hydrogens (tertiary/aromatic N) is 2. The van der Waals surface area contributed by atoms with Crippen LogP contribution in [0.25, 0.3) is 0 Å². The molecule has 0 radical (unpaired) electrons. The molecule has 0 aliphatic carbocycles. The summed E-state index contributed by atoms with van der Waals surface area (Å²) in [7, 11) is -1.81. The minimum Gasteiger partial charge on any atom is -0.368 e. The van der Waals surface area contributed by atoms with Crippen LogP contribution in [0.1, 0.15) is 23.8 Å². The molecule has 1 fully saturated rings. The lowest BCUT2D eigenvalue weighted by atomic mass is 10.1. The van der Waals surface area contributed by atoms with Gasteiger partial charge in [-0.3, -0.25) is 14.6 Å². The van der Waals surface area contributed by atoms with Crippen molar-refractivity contribution < 1.29 is 22.7 Å². The summed E-state index contributed by atoms with van der Waals surface area (Å²) in [5.74, 6) is -0.326. The van der Waals surface area contributed by atoms with Gasteiger partial charge in [0.05, 0.1) is 31.6 Å². The van der Waals surface area contributed by atoms with Gasteiger partial charge in [-0.25, -0.2) is 13.1 Å². The first-order valence-electron chi connectivity index (χ1n) is 8.28. The molecule has 1 unspecified atom stereocenters. The van der Waals surface area contributed by atoms with E-state index in [1.165, 1.54) is 0 Å². The number of morpholine rings is 1. The van der Waals surface area contributed by atoms with Crippen molar-refractivity contribution in [2.45, 2.75) is 18.9 Å². The van der Waals surface area contributed by atoms with Crippen molar-refractivity contribution in [2.24, 2.45) is 0 Å². The first-order valence-corrected chi connectivity index (χ1v) is 10.2. The molecular weight excluding hydrogens is 360 g/mol. The van der Waals surface area contributed by atoms with E-state index in [2.05, 4.69) is 15.0 Å². The number of aromatic nitrogens is 1. The van der Waals surface area contributed by atoms with Gasteiger partial charge in [0.15, 0.2) is 0 Å². The van der Waals surface area contributed by atoms with Gasteiger partial charge in [0.1, 0.15) is 6.10 Å². The number of carbonyl (C=O) groups is 2. The Morgan fingerprint density at radius 1 is 1.38 bits per heavy atom. The van der Waals surface area contributed by atoms with Crippen molar-refractivity contribution in [3.63, 3.8) is 0 Å². The van der Waals surface area contributed by atoms with E-state index in [-0.39, 0.29) is 24.5 Å². The highest BCUT2D eigenvalue weighted by atomic mass is 32.2. The van der Waals surface area contributed by atoms with Crippen LogP contribution >= 0.6 is 0 Å². The molecule has 1 aliphatic rings. The molecule has 1 saturated heterocycles. The minimum atomic E-state index is -3.41. The third-order valence-electron chi connectivity index (χ3n) is 4.00. The van der Waals surface area contributed by atoms with Crippen molar-refractivity contribution in [1.82, 2.24) is 19.9 Å². The summed E-state index contributed by atoms with van der Waals surface area (Å²) in [6.07, 6.45) is 3.35. The van der Waals surface area contributed by atoms with Crippen LogP contribution < -0.4 is 10.0 Å². The predicted octanol–water partition coefficient (Wildman–Crippen LogP) is -0.791. The Labute approximate surface area is 153 Å². The summed E-state index contributed by atoms with van der Waals surface area (Å²) in [4.78, 5) is 29.4. The molecule has 9 nitrogen and oxygen atoms in total. The molecule has 2 N–H and O–H groups in total. The van der Waals surface area contributed by atoms with Crippen LogP contribution in [0.4, 0.5) is 0 Å². The first-order chi connectivity index (χ1) is 12.3. The molecule has 1 aromatic rings. The van der Waals surface area contributed by atoms with Crippen LogP contribution in [0.2, 0.25) is 0 Å². The summed E-state index contributed by atoms with van der Waals surface area (Å²) >= 11 is 0. The molecule has 2 heterocycles. The maximum atomic E-state index is 12.1. The molecule has 144 valence electrons. The number of hydrogen-bond donors (Lipinski definition) is 2. The Balaban J connectivity index is 1.92. The summed E-state index contributed by atoms with van der Waals surface area (Å²) in [5.41, 5.74) is 1.64. The smallest absolute Gasteiger partial charge is 0.237 e. The molecular formula is C16H24N4O5S. The maximum absolute atomic E-state index is 12.1. The quantitative estimate of drug-likeness (QED) is 0.636. The molecule has 1 aliphatic heterocycles. The van der Waals surface area contributed by atoms with Crippen LogP contribution in [0, 0.1) is 0 Å². The van der Waals surface area contributed by atoms with Gasteiger partial charge in [-0.1, -0.05) is 6.07 Å². The second-order valence-electron chi connectivity index (χ2n) is 6.06. The van der Waals surface area contributed by atoms with Gasteiger partial charge in [0.2, 0.25) is 21.8 Å². The van der Waals surface area contributed by atoms with Gasteiger partial charge >= 0.3 is 0 Å². The average molecular weight is 384 g/mol. The Kier molecular flexibility index (Phi) is 7.06. The zero-order chi connectivity index (χ0) is 19.2. The molecule has 2 rings (SSSR count).